The molecule has 2 aromatic carbocycles. The summed E-state index contributed by atoms with van der Waals surface area (Å²) in [7, 11) is 1.61. The average Bonchev–Trinajstić information content (AvgIpc) is 3.79. The summed E-state index contributed by atoms with van der Waals surface area (Å²) in [5, 5.41) is 12.9. The van der Waals surface area contributed by atoms with E-state index in [2.05, 4.69) is 21.5 Å². The Hall–Kier alpha value is -4.38. The number of hydrogen-bond donors (Lipinski definition) is 1. The lowest BCUT2D eigenvalue weighted by Crippen LogP contribution is -2.31. The molecule has 1 aliphatic heterocycles. The van der Waals surface area contributed by atoms with Crippen LogP contribution >= 0.6 is 23.1 Å². The summed E-state index contributed by atoms with van der Waals surface area (Å²) in [6.45, 7) is 2.96. The maximum atomic E-state index is 14.5. The maximum Gasteiger partial charge on any atom is 0.253 e. The number of nitrogens with zero attached hydrogens (tertiary/aromatic N) is 5. The van der Waals surface area contributed by atoms with Gasteiger partial charge in [-0.15, -0.1) is 11.3 Å². The number of halogens is 1. The van der Waals surface area contributed by atoms with Crippen LogP contribution in [-0.2, 0) is 11.3 Å². The number of methoxy groups -OCH3 is 1. The fourth-order valence-electron chi connectivity index (χ4n) is 4.50. The molecule has 214 valence electrons. The van der Waals surface area contributed by atoms with Crippen molar-refractivity contribution in [3.8, 4) is 33.8 Å². The van der Waals surface area contributed by atoms with Crippen LogP contribution in [0.2, 0.25) is 0 Å². The fourth-order valence-corrected chi connectivity index (χ4v) is 6.13. The van der Waals surface area contributed by atoms with E-state index in [4.69, 9.17) is 19.2 Å². The van der Waals surface area contributed by atoms with Gasteiger partial charge < -0.3 is 18.8 Å². The van der Waals surface area contributed by atoms with Gasteiger partial charge in [-0.05, 0) is 36.9 Å². The van der Waals surface area contributed by atoms with Crippen molar-refractivity contribution in [3.63, 3.8) is 0 Å². The highest BCUT2D eigenvalue weighted by Gasteiger charge is 2.25. The number of hydrogen-bond acceptors (Lipinski definition) is 10. The van der Waals surface area contributed by atoms with E-state index in [9.17, 15) is 9.18 Å². The van der Waals surface area contributed by atoms with Gasteiger partial charge in [-0.2, -0.15) is 5.26 Å². The minimum absolute atomic E-state index is 0.108. The Morgan fingerprint density at radius 2 is 2.10 bits per heavy atom. The highest BCUT2D eigenvalue weighted by atomic mass is 32.2. The zero-order valence-electron chi connectivity index (χ0n) is 22.7. The molecule has 10 nitrogen and oxygen atoms in total. The van der Waals surface area contributed by atoms with E-state index in [0.717, 1.165) is 15.7 Å². The summed E-state index contributed by atoms with van der Waals surface area (Å²) in [5.41, 5.74) is 5.99. The Balaban J connectivity index is 1.15. The number of imidazole rings is 1. The lowest BCUT2D eigenvalue weighted by atomic mass is 10.1. The van der Waals surface area contributed by atoms with Crippen molar-refractivity contribution in [2.45, 2.75) is 30.7 Å². The predicted octanol–water partition coefficient (Wildman–Crippen LogP) is 6.09. The summed E-state index contributed by atoms with van der Waals surface area (Å²) >= 11 is 2.89. The van der Waals surface area contributed by atoms with Crippen molar-refractivity contribution in [1.82, 2.24) is 19.5 Å². The number of aromatic nitrogens is 3. The molecule has 1 atom stereocenters. The van der Waals surface area contributed by atoms with Gasteiger partial charge in [-0.1, -0.05) is 12.1 Å². The SMILES string of the molecule is CCN(CCC#N)C(=O)c1ccc(-c2nc(COc3cc(F)cc4oc(-c5cn6c(n5)SC(OC)N6)cc34)cs2)cc1. The van der Waals surface area contributed by atoms with Gasteiger partial charge in [0.1, 0.15) is 34.5 Å². The first kappa shape index (κ1) is 27.8. The number of fused-ring (bicyclic) bond motifs is 2. The third-order valence-electron chi connectivity index (χ3n) is 6.63. The molecule has 1 aliphatic rings. The average molecular weight is 605 g/mol. The Kier molecular flexibility index (Phi) is 7.84. The second-order valence-corrected chi connectivity index (χ2v) is 11.2. The minimum atomic E-state index is -0.478. The normalized spacial score (nSPS) is 14.0. The van der Waals surface area contributed by atoms with Crippen LogP contribution in [0.15, 0.2) is 63.6 Å². The number of carbonyl (C=O) groups is 1. The molecule has 4 heterocycles. The van der Waals surface area contributed by atoms with Crippen molar-refractivity contribution in [1.29, 1.82) is 5.26 Å². The smallest absolute Gasteiger partial charge is 0.253 e. The molecule has 1 unspecified atom stereocenters. The zero-order valence-corrected chi connectivity index (χ0v) is 24.3. The van der Waals surface area contributed by atoms with E-state index in [1.165, 1.54) is 35.2 Å². The molecule has 0 spiro atoms. The van der Waals surface area contributed by atoms with Gasteiger partial charge in [0.2, 0.25) is 0 Å². The lowest BCUT2D eigenvalue weighted by Gasteiger charge is -2.19. The Morgan fingerprint density at radius 1 is 1.26 bits per heavy atom. The molecule has 1 N–H and O–H groups in total. The molecule has 0 aliphatic carbocycles. The largest absolute Gasteiger partial charge is 0.486 e. The van der Waals surface area contributed by atoms with Crippen molar-refractivity contribution in [3.05, 3.63) is 71.1 Å². The Labute approximate surface area is 248 Å². The van der Waals surface area contributed by atoms with Crippen LogP contribution in [0.4, 0.5) is 4.39 Å². The third-order valence-corrected chi connectivity index (χ3v) is 8.58. The van der Waals surface area contributed by atoms with E-state index in [-0.39, 0.29) is 18.1 Å². The van der Waals surface area contributed by atoms with Crippen molar-refractivity contribution >= 4 is 40.0 Å². The Bertz CT molecular complexity index is 1770. The van der Waals surface area contributed by atoms with Gasteiger partial charge in [-0.25, -0.2) is 19.0 Å². The van der Waals surface area contributed by atoms with Crippen molar-refractivity contribution in [2.75, 3.05) is 25.6 Å². The highest BCUT2D eigenvalue weighted by Crippen LogP contribution is 2.37. The number of benzene rings is 2. The molecule has 0 fully saturated rings. The van der Waals surface area contributed by atoms with Crippen LogP contribution in [0.25, 0.3) is 33.0 Å². The first-order valence-electron chi connectivity index (χ1n) is 13.1. The van der Waals surface area contributed by atoms with Gasteiger partial charge in [0.05, 0.1) is 29.8 Å². The van der Waals surface area contributed by atoms with Crippen LogP contribution in [0, 0.1) is 17.1 Å². The zero-order chi connectivity index (χ0) is 29.2. The lowest BCUT2D eigenvalue weighted by molar-refractivity contribution is 0.0768. The molecule has 6 rings (SSSR count). The van der Waals surface area contributed by atoms with Gasteiger partial charge in [0.15, 0.2) is 16.5 Å². The first-order valence-corrected chi connectivity index (χ1v) is 14.8. The molecule has 0 saturated heterocycles. The van der Waals surface area contributed by atoms with Crippen LogP contribution in [0.1, 0.15) is 29.4 Å². The summed E-state index contributed by atoms with van der Waals surface area (Å²) < 4.78 is 33.4. The standard InChI is InChI=1S/C29H25FN6O4S2/c1-3-35(10-4-9-31)27(37)18-7-5-17(6-8-18)26-32-20(16-41-26)15-39-23-11-19(30)12-24-21(23)13-25(40-24)22-14-36-28(33-22)42-29(34-36)38-2/h5-8,11-14,16,29,34H,3-4,10,15H2,1-2H3. The number of amides is 1. The molecule has 5 aromatic rings. The molecule has 42 heavy (non-hydrogen) atoms. The number of furan rings is 1. The molecule has 13 heteroatoms. The van der Waals surface area contributed by atoms with Gasteiger partial charge in [-0.3, -0.25) is 10.2 Å². The van der Waals surface area contributed by atoms with Crippen molar-refractivity contribution < 1.29 is 23.1 Å². The van der Waals surface area contributed by atoms with Crippen LogP contribution < -0.4 is 10.2 Å². The van der Waals surface area contributed by atoms with E-state index >= 15 is 0 Å². The number of carbonyl (C=O) groups excluding carboxylic acids is 1. The summed E-state index contributed by atoms with van der Waals surface area (Å²) in [5.74, 6) is 0.245. The van der Waals surface area contributed by atoms with E-state index in [1.807, 2.05) is 24.4 Å². The highest BCUT2D eigenvalue weighted by molar-refractivity contribution is 7.99. The molecule has 1 amide bonds. The first-order chi connectivity index (χ1) is 20.4. The fraction of sp³-hybridized carbons (Fsp3) is 0.241. The van der Waals surface area contributed by atoms with E-state index in [1.54, 1.807) is 41.1 Å². The number of nitriles is 1. The monoisotopic (exact) mass is 604 g/mol. The summed E-state index contributed by atoms with van der Waals surface area (Å²) in [6.07, 6.45) is 2.09. The maximum absolute atomic E-state index is 14.5. The second kappa shape index (κ2) is 11.8. The van der Waals surface area contributed by atoms with Crippen LogP contribution in [-0.4, -0.2) is 51.2 Å². The molecular formula is C29H25FN6O4S2. The van der Waals surface area contributed by atoms with E-state index in [0.29, 0.717) is 58.9 Å². The number of thioether (sulfide) groups is 1. The van der Waals surface area contributed by atoms with Gasteiger partial charge in [0, 0.05) is 48.8 Å². The number of rotatable bonds is 10. The number of thiazole rings is 1. The van der Waals surface area contributed by atoms with Gasteiger partial charge >= 0.3 is 0 Å². The van der Waals surface area contributed by atoms with E-state index < -0.39 is 5.82 Å². The Morgan fingerprint density at radius 3 is 2.83 bits per heavy atom. The molecule has 0 saturated carbocycles. The van der Waals surface area contributed by atoms with Gasteiger partial charge in [0.25, 0.3) is 5.91 Å². The molecule has 0 radical (unpaired) electrons. The summed E-state index contributed by atoms with van der Waals surface area (Å²) in [6, 6.07) is 13.8. The topological polar surface area (TPSA) is 118 Å². The minimum Gasteiger partial charge on any atom is -0.486 e. The number of nitrogens with one attached hydrogen (secondary N) is 1. The number of ether oxygens (including phenoxy) is 2. The van der Waals surface area contributed by atoms with Crippen LogP contribution in [0.5, 0.6) is 5.75 Å². The summed E-state index contributed by atoms with van der Waals surface area (Å²) in [4.78, 5) is 23.7. The molecular weight excluding hydrogens is 579 g/mol. The molecule has 3 aromatic heterocycles. The third kappa shape index (κ3) is 5.56. The molecule has 0 bridgehead atoms. The second-order valence-electron chi connectivity index (χ2n) is 9.32. The quantitative estimate of drug-likeness (QED) is 0.202. The van der Waals surface area contributed by atoms with Crippen LogP contribution in [0.3, 0.4) is 0 Å². The predicted molar refractivity (Wildman–Crippen MR) is 157 cm³/mol. The van der Waals surface area contributed by atoms with Crippen molar-refractivity contribution in [2.24, 2.45) is 0 Å².